The highest BCUT2D eigenvalue weighted by Crippen LogP contribution is 2.32. The number of fused-ring (bicyclic) bond motifs is 2. The van der Waals surface area contributed by atoms with Crippen molar-refractivity contribution in [3.8, 4) is 22.1 Å². The monoisotopic (exact) mass is 402 g/mol. The molecular weight excluding hydrogens is 384 g/mol. The number of amides is 1. The number of para-hydroxylation sites is 1. The fraction of sp³-hybridized carbons (Fsp3) is 0.130. The summed E-state index contributed by atoms with van der Waals surface area (Å²) in [6, 6.07) is 21.5. The van der Waals surface area contributed by atoms with Crippen LogP contribution in [0.15, 0.2) is 66.7 Å². The van der Waals surface area contributed by atoms with E-state index < -0.39 is 0 Å². The third kappa shape index (κ3) is 3.79. The van der Waals surface area contributed by atoms with Gasteiger partial charge in [-0.25, -0.2) is 4.98 Å². The molecule has 0 aliphatic carbocycles. The largest absolute Gasteiger partial charge is 0.486 e. The summed E-state index contributed by atoms with van der Waals surface area (Å²) in [5, 5.41) is 3.92. The van der Waals surface area contributed by atoms with Gasteiger partial charge >= 0.3 is 0 Å². The van der Waals surface area contributed by atoms with Crippen molar-refractivity contribution in [2.24, 2.45) is 0 Å². The molecule has 1 aliphatic heterocycles. The molecule has 0 radical (unpaired) electrons. The summed E-state index contributed by atoms with van der Waals surface area (Å²) in [5.41, 5.74) is 3.69. The van der Waals surface area contributed by atoms with Gasteiger partial charge in [-0.05, 0) is 54.1 Å². The van der Waals surface area contributed by atoms with Crippen LogP contribution in [0.5, 0.6) is 11.5 Å². The van der Waals surface area contributed by atoms with Crippen molar-refractivity contribution in [2.45, 2.75) is 6.42 Å². The first-order valence-corrected chi connectivity index (χ1v) is 10.2. The molecule has 4 aromatic rings. The van der Waals surface area contributed by atoms with Crippen molar-refractivity contribution in [3.63, 3.8) is 0 Å². The van der Waals surface area contributed by atoms with Crippen molar-refractivity contribution >= 4 is 33.1 Å². The molecule has 5 nitrogen and oxygen atoms in total. The minimum Gasteiger partial charge on any atom is -0.486 e. The zero-order valence-corrected chi connectivity index (χ0v) is 16.4. The smallest absolute Gasteiger partial charge is 0.228 e. The van der Waals surface area contributed by atoms with Crippen LogP contribution in [0.25, 0.3) is 20.8 Å². The molecule has 1 aromatic heterocycles. The molecule has 0 saturated carbocycles. The number of nitrogens with zero attached hydrogens (tertiary/aromatic N) is 1. The van der Waals surface area contributed by atoms with Crippen LogP contribution in [-0.4, -0.2) is 24.1 Å². The lowest BCUT2D eigenvalue weighted by molar-refractivity contribution is -0.115. The van der Waals surface area contributed by atoms with E-state index in [4.69, 9.17) is 9.47 Å². The van der Waals surface area contributed by atoms with Gasteiger partial charge in [-0.2, -0.15) is 0 Å². The lowest BCUT2D eigenvalue weighted by Gasteiger charge is -2.18. The lowest BCUT2D eigenvalue weighted by Crippen LogP contribution is -2.17. The SMILES string of the molecule is O=C(Cc1ccc2c(c1)OCCO2)Nc1ccc(-c2nc3ccccc3s2)cc1. The quantitative estimate of drug-likeness (QED) is 0.527. The van der Waals surface area contributed by atoms with Gasteiger partial charge in [0.05, 0.1) is 16.6 Å². The molecular formula is C23H18N2O3S. The number of ether oxygens (including phenoxy) is 2. The Hall–Kier alpha value is -3.38. The summed E-state index contributed by atoms with van der Waals surface area (Å²) in [6.45, 7) is 1.09. The first-order chi connectivity index (χ1) is 14.2. The zero-order chi connectivity index (χ0) is 19.6. The molecule has 0 unspecified atom stereocenters. The molecule has 5 rings (SSSR count). The number of thiazole rings is 1. The standard InChI is InChI=1S/C23H18N2O3S/c26-22(14-15-5-10-19-20(13-15)28-12-11-27-19)24-17-8-6-16(7-9-17)23-25-18-3-1-2-4-21(18)29-23/h1-10,13H,11-12,14H2,(H,24,26). The van der Waals surface area contributed by atoms with E-state index in [1.165, 1.54) is 4.70 Å². The number of anilines is 1. The van der Waals surface area contributed by atoms with E-state index in [0.29, 0.717) is 19.0 Å². The molecule has 0 atom stereocenters. The van der Waals surface area contributed by atoms with Gasteiger partial charge in [0.15, 0.2) is 11.5 Å². The molecule has 144 valence electrons. The van der Waals surface area contributed by atoms with Gasteiger partial charge in [0.25, 0.3) is 0 Å². The van der Waals surface area contributed by atoms with Gasteiger partial charge in [-0.3, -0.25) is 4.79 Å². The summed E-state index contributed by atoms with van der Waals surface area (Å²) in [5.74, 6) is 1.35. The number of carbonyl (C=O) groups excluding carboxylic acids is 1. The Bertz CT molecular complexity index is 1150. The van der Waals surface area contributed by atoms with E-state index in [1.54, 1.807) is 11.3 Å². The number of nitrogens with one attached hydrogen (secondary N) is 1. The van der Waals surface area contributed by atoms with Crippen LogP contribution in [-0.2, 0) is 11.2 Å². The van der Waals surface area contributed by atoms with Crippen LogP contribution < -0.4 is 14.8 Å². The van der Waals surface area contributed by atoms with E-state index >= 15 is 0 Å². The summed E-state index contributed by atoms with van der Waals surface area (Å²) < 4.78 is 12.3. The van der Waals surface area contributed by atoms with Gasteiger partial charge in [0.1, 0.15) is 18.2 Å². The Kier molecular flexibility index (Phi) is 4.62. The van der Waals surface area contributed by atoms with E-state index in [-0.39, 0.29) is 12.3 Å². The number of hydrogen-bond acceptors (Lipinski definition) is 5. The zero-order valence-electron chi connectivity index (χ0n) is 15.6. The number of hydrogen-bond donors (Lipinski definition) is 1. The third-order valence-corrected chi connectivity index (χ3v) is 5.77. The van der Waals surface area contributed by atoms with Crippen molar-refractivity contribution < 1.29 is 14.3 Å². The molecule has 3 aromatic carbocycles. The van der Waals surface area contributed by atoms with Gasteiger partial charge in [0, 0.05) is 11.3 Å². The number of benzene rings is 3. The predicted molar refractivity (Wildman–Crippen MR) is 115 cm³/mol. The number of carbonyl (C=O) groups is 1. The Morgan fingerprint density at radius 1 is 0.966 bits per heavy atom. The molecule has 0 spiro atoms. The van der Waals surface area contributed by atoms with Crippen LogP contribution in [0.1, 0.15) is 5.56 Å². The van der Waals surface area contributed by atoms with Gasteiger partial charge in [0.2, 0.25) is 5.91 Å². The summed E-state index contributed by atoms with van der Waals surface area (Å²) in [7, 11) is 0. The van der Waals surface area contributed by atoms with E-state index in [2.05, 4.69) is 16.4 Å². The second-order valence-electron chi connectivity index (χ2n) is 6.77. The van der Waals surface area contributed by atoms with Crippen molar-refractivity contribution in [1.82, 2.24) is 4.98 Å². The van der Waals surface area contributed by atoms with Crippen LogP contribution in [0, 0.1) is 0 Å². The highest BCUT2D eigenvalue weighted by molar-refractivity contribution is 7.21. The second-order valence-corrected chi connectivity index (χ2v) is 7.80. The maximum absolute atomic E-state index is 12.4. The van der Waals surface area contributed by atoms with E-state index in [1.807, 2.05) is 60.7 Å². The minimum atomic E-state index is -0.0746. The van der Waals surface area contributed by atoms with Crippen molar-refractivity contribution in [3.05, 3.63) is 72.3 Å². The molecule has 0 bridgehead atoms. The van der Waals surface area contributed by atoms with Crippen molar-refractivity contribution in [1.29, 1.82) is 0 Å². The summed E-state index contributed by atoms with van der Waals surface area (Å²) in [4.78, 5) is 17.1. The van der Waals surface area contributed by atoms with Gasteiger partial charge < -0.3 is 14.8 Å². The Labute approximate surface area is 171 Å². The molecule has 0 fully saturated rings. The molecule has 1 N–H and O–H groups in total. The second kappa shape index (κ2) is 7.56. The Balaban J connectivity index is 1.26. The lowest BCUT2D eigenvalue weighted by atomic mass is 10.1. The van der Waals surface area contributed by atoms with Gasteiger partial charge in [-0.1, -0.05) is 18.2 Å². The first kappa shape index (κ1) is 17.7. The molecule has 6 heteroatoms. The highest BCUT2D eigenvalue weighted by atomic mass is 32.1. The highest BCUT2D eigenvalue weighted by Gasteiger charge is 2.13. The van der Waals surface area contributed by atoms with Crippen molar-refractivity contribution in [2.75, 3.05) is 18.5 Å². The minimum absolute atomic E-state index is 0.0746. The summed E-state index contributed by atoms with van der Waals surface area (Å²) >= 11 is 1.66. The fourth-order valence-electron chi connectivity index (χ4n) is 3.28. The van der Waals surface area contributed by atoms with Crippen LogP contribution in [0.4, 0.5) is 5.69 Å². The maximum atomic E-state index is 12.4. The van der Waals surface area contributed by atoms with Crippen LogP contribution in [0.2, 0.25) is 0 Å². The first-order valence-electron chi connectivity index (χ1n) is 9.39. The molecule has 29 heavy (non-hydrogen) atoms. The average molecular weight is 402 g/mol. The van der Waals surface area contributed by atoms with Crippen LogP contribution in [0.3, 0.4) is 0 Å². The Morgan fingerprint density at radius 3 is 2.59 bits per heavy atom. The summed E-state index contributed by atoms with van der Waals surface area (Å²) in [6.07, 6.45) is 0.274. The molecule has 2 heterocycles. The maximum Gasteiger partial charge on any atom is 0.228 e. The van der Waals surface area contributed by atoms with Gasteiger partial charge in [-0.15, -0.1) is 11.3 Å². The number of rotatable bonds is 4. The van der Waals surface area contributed by atoms with E-state index in [9.17, 15) is 4.79 Å². The average Bonchev–Trinajstić information content (AvgIpc) is 3.18. The Morgan fingerprint density at radius 2 is 1.76 bits per heavy atom. The topological polar surface area (TPSA) is 60.5 Å². The molecule has 1 aliphatic rings. The number of aromatic nitrogens is 1. The third-order valence-electron chi connectivity index (χ3n) is 4.68. The predicted octanol–water partition coefficient (Wildman–Crippen LogP) is 4.92. The fourth-order valence-corrected chi connectivity index (χ4v) is 4.25. The van der Waals surface area contributed by atoms with E-state index in [0.717, 1.165) is 33.1 Å². The molecule has 1 amide bonds. The van der Waals surface area contributed by atoms with Crippen LogP contribution >= 0.6 is 11.3 Å². The molecule has 0 saturated heterocycles. The normalized spacial score (nSPS) is 12.7.